The topological polar surface area (TPSA) is 125 Å². The highest BCUT2D eigenvalue weighted by molar-refractivity contribution is 7.76. The normalized spacial score (nSPS) is 15.4. The molecule has 1 aliphatic heterocycles. The standard InChI is InChI=1S/C29H34N4O6S/c1-22(18-28(34)35)33(40(37)38)32-16-14-31(15-17-32)26-10-12-27(13-11-26)39-21-24-8-5-9-25(19-24)29(36)30-20-23-6-3-2-4-7-23/h2-13,19,22H,14-18,20-21H2,1H3,(H,30,36)(H,34,35)(H,37,38)/p-1. The lowest BCUT2D eigenvalue weighted by atomic mass is 10.1. The molecule has 1 fully saturated rings. The number of nitrogens with one attached hydrogen (secondary N) is 1. The molecule has 1 amide bonds. The Morgan fingerprint density at radius 1 is 1.00 bits per heavy atom. The van der Waals surface area contributed by atoms with Gasteiger partial charge in [-0.1, -0.05) is 42.5 Å². The van der Waals surface area contributed by atoms with Gasteiger partial charge in [-0.2, -0.15) is 4.41 Å². The zero-order valence-electron chi connectivity index (χ0n) is 22.3. The molecule has 2 atom stereocenters. The Bertz CT molecular complexity index is 1300. The molecule has 10 nitrogen and oxygen atoms in total. The SMILES string of the molecule is CC(CC(=O)O)N(N1CCN(c2ccc(OCc3cccc(C(=O)NCc4ccccc4)c3)cc2)CC1)S(=O)[O-]. The van der Waals surface area contributed by atoms with Crippen LogP contribution in [0.15, 0.2) is 78.9 Å². The van der Waals surface area contributed by atoms with Crippen LogP contribution < -0.4 is 15.0 Å². The molecule has 1 aliphatic rings. The molecule has 4 rings (SSSR count). The Hall–Kier alpha value is -3.77. The fraction of sp³-hybridized carbons (Fsp3) is 0.310. The number of ether oxygens (including phenoxy) is 1. The van der Waals surface area contributed by atoms with Crippen molar-refractivity contribution >= 4 is 28.8 Å². The average molecular weight is 566 g/mol. The monoisotopic (exact) mass is 565 g/mol. The van der Waals surface area contributed by atoms with E-state index in [1.165, 1.54) is 0 Å². The number of anilines is 1. The van der Waals surface area contributed by atoms with E-state index in [9.17, 15) is 18.4 Å². The second-order valence-corrected chi connectivity index (χ2v) is 10.4. The summed E-state index contributed by atoms with van der Waals surface area (Å²) in [6.07, 6.45) is -0.262. The van der Waals surface area contributed by atoms with Gasteiger partial charge in [0.05, 0.1) is 6.42 Å². The number of nitrogens with zero attached hydrogens (tertiary/aromatic N) is 3. The summed E-state index contributed by atoms with van der Waals surface area (Å²) < 4.78 is 30.6. The smallest absolute Gasteiger partial charge is 0.305 e. The van der Waals surface area contributed by atoms with Gasteiger partial charge in [-0.05, 0) is 54.4 Å². The summed E-state index contributed by atoms with van der Waals surface area (Å²) in [5, 5.41) is 13.7. The molecule has 0 radical (unpaired) electrons. The van der Waals surface area contributed by atoms with E-state index in [4.69, 9.17) is 9.84 Å². The molecule has 1 saturated heterocycles. The summed E-state index contributed by atoms with van der Waals surface area (Å²) in [6.45, 7) is 4.44. The highest BCUT2D eigenvalue weighted by atomic mass is 32.2. The van der Waals surface area contributed by atoms with Crippen molar-refractivity contribution in [3.63, 3.8) is 0 Å². The van der Waals surface area contributed by atoms with Crippen LogP contribution in [0.3, 0.4) is 0 Å². The van der Waals surface area contributed by atoms with Gasteiger partial charge in [-0.3, -0.25) is 13.8 Å². The van der Waals surface area contributed by atoms with Gasteiger partial charge < -0.3 is 24.6 Å². The van der Waals surface area contributed by atoms with Crippen LogP contribution in [0, 0.1) is 0 Å². The van der Waals surface area contributed by atoms with E-state index in [1.807, 2.05) is 72.8 Å². The minimum atomic E-state index is -2.55. The van der Waals surface area contributed by atoms with Gasteiger partial charge in [0, 0.05) is 61.3 Å². The van der Waals surface area contributed by atoms with Crippen molar-refractivity contribution in [2.45, 2.75) is 32.5 Å². The summed E-state index contributed by atoms with van der Waals surface area (Å²) in [6, 6.07) is 24.1. The van der Waals surface area contributed by atoms with Crippen LogP contribution in [0.2, 0.25) is 0 Å². The molecule has 0 aromatic heterocycles. The molecule has 40 heavy (non-hydrogen) atoms. The molecule has 1 heterocycles. The van der Waals surface area contributed by atoms with Crippen molar-refractivity contribution in [1.82, 2.24) is 14.7 Å². The first kappa shape index (κ1) is 29.2. The molecule has 3 aromatic rings. The number of aliphatic carboxylic acids is 1. The second-order valence-electron chi connectivity index (χ2n) is 9.56. The van der Waals surface area contributed by atoms with E-state index in [0.29, 0.717) is 50.6 Å². The van der Waals surface area contributed by atoms with Crippen LogP contribution in [0.5, 0.6) is 5.75 Å². The number of piperazine rings is 1. The van der Waals surface area contributed by atoms with E-state index in [1.54, 1.807) is 18.0 Å². The molecular formula is C29H33N4O6S-. The number of hydrogen-bond acceptors (Lipinski definition) is 7. The van der Waals surface area contributed by atoms with Gasteiger partial charge in [0.25, 0.3) is 5.91 Å². The van der Waals surface area contributed by atoms with Crippen molar-refractivity contribution in [1.29, 1.82) is 0 Å². The molecule has 3 aromatic carbocycles. The third-order valence-corrected chi connectivity index (χ3v) is 7.52. The number of carbonyl (C=O) groups is 2. The first-order chi connectivity index (χ1) is 19.3. The van der Waals surface area contributed by atoms with E-state index in [0.717, 1.165) is 21.2 Å². The summed E-state index contributed by atoms with van der Waals surface area (Å²) in [5.41, 5.74) is 3.47. The zero-order valence-corrected chi connectivity index (χ0v) is 23.1. The lowest BCUT2D eigenvalue weighted by Crippen LogP contribution is -2.57. The summed E-state index contributed by atoms with van der Waals surface area (Å²) in [4.78, 5) is 25.8. The lowest BCUT2D eigenvalue weighted by Gasteiger charge is -2.44. The minimum absolute atomic E-state index is 0.142. The van der Waals surface area contributed by atoms with Crippen LogP contribution >= 0.6 is 0 Å². The number of carboxylic acids is 1. The van der Waals surface area contributed by atoms with Gasteiger partial charge in [-0.15, -0.1) is 0 Å². The Labute approximate surface area is 236 Å². The third kappa shape index (κ3) is 8.12. The van der Waals surface area contributed by atoms with Crippen LogP contribution in [0.4, 0.5) is 5.69 Å². The fourth-order valence-corrected chi connectivity index (χ4v) is 5.32. The van der Waals surface area contributed by atoms with Crippen LogP contribution in [-0.2, 0) is 29.2 Å². The molecule has 0 bridgehead atoms. The van der Waals surface area contributed by atoms with E-state index in [2.05, 4.69) is 10.2 Å². The predicted octanol–water partition coefficient (Wildman–Crippen LogP) is 3.19. The maximum Gasteiger partial charge on any atom is 0.305 e. The first-order valence-corrected chi connectivity index (χ1v) is 14.1. The van der Waals surface area contributed by atoms with E-state index < -0.39 is 23.3 Å². The molecule has 0 aliphatic carbocycles. The number of carboxylic acid groups (broad SMARTS) is 1. The van der Waals surface area contributed by atoms with E-state index in [-0.39, 0.29) is 12.3 Å². The van der Waals surface area contributed by atoms with Gasteiger partial charge >= 0.3 is 5.97 Å². The fourth-order valence-electron chi connectivity index (χ4n) is 4.60. The Morgan fingerprint density at radius 2 is 1.68 bits per heavy atom. The Balaban J connectivity index is 1.27. The largest absolute Gasteiger partial charge is 0.759 e. The van der Waals surface area contributed by atoms with Gasteiger partial charge in [0.2, 0.25) is 0 Å². The number of rotatable bonds is 12. The highest BCUT2D eigenvalue weighted by Gasteiger charge is 2.28. The molecule has 2 unspecified atom stereocenters. The van der Waals surface area contributed by atoms with Crippen LogP contribution in [-0.4, -0.2) is 67.4 Å². The van der Waals surface area contributed by atoms with Crippen LogP contribution in [0.25, 0.3) is 0 Å². The molecule has 2 N–H and O–H groups in total. The van der Waals surface area contributed by atoms with Crippen molar-refractivity contribution in [2.24, 2.45) is 0 Å². The average Bonchev–Trinajstić information content (AvgIpc) is 2.96. The molecular weight excluding hydrogens is 532 g/mol. The lowest BCUT2D eigenvalue weighted by molar-refractivity contribution is -0.139. The Morgan fingerprint density at radius 3 is 2.33 bits per heavy atom. The number of amides is 1. The molecule has 11 heteroatoms. The predicted molar refractivity (Wildman–Crippen MR) is 151 cm³/mol. The number of carbonyl (C=O) groups excluding carboxylic acids is 1. The summed E-state index contributed by atoms with van der Waals surface area (Å²) in [7, 11) is 0. The van der Waals surface area contributed by atoms with Crippen molar-refractivity contribution in [3.8, 4) is 5.75 Å². The highest BCUT2D eigenvalue weighted by Crippen LogP contribution is 2.23. The molecule has 212 valence electrons. The second kappa shape index (κ2) is 14.0. The molecule has 0 saturated carbocycles. The number of benzene rings is 3. The zero-order chi connectivity index (χ0) is 28.5. The van der Waals surface area contributed by atoms with Crippen molar-refractivity contribution in [2.75, 3.05) is 31.1 Å². The van der Waals surface area contributed by atoms with E-state index >= 15 is 0 Å². The van der Waals surface area contributed by atoms with Crippen molar-refractivity contribution in [3.05, 3.63) is 95.6 Å². The number of hydrazine groups is 1. The van der Waals surface area contributed by atoms with Gasteiger partial charge in [0.1, 0.15) is 12.4 Å². The summed E-state index contributed by atoms with van der Waals surface area (Å²) >= 11 is -2.55. The van der Waals surface area contributed by atoms with Gasteiger partial charge in [0.15, 0.2) is 0 Å². The number of hydrogen-bond donors (Lipinski definition) is 2. The Kier molecular flexibility index (Phi) is 10.3. The third-order valence-electron chi connectivity index (χ3n) is 6.63. The minimum Gasteiger partial charge on any atom is -0.759 e. The first-order valence-electron chi connectivity index (χ1n) is 13.0. The van der Waals surface area contributed by atoms with Gasteiger partial charge in [-0.25, -0.2) is 5.01 Å². The maximum absolute atomic E-state index is 12.6. The van der Waals surface area contributed by atoms with Crippen LogP contribution in [0.1, 0.15) is 34.8 Å². The van der Waals surface area contributed by atoms with Crippen molar-refractivity contribution < 1.29 is 28.2 Å². The summed E-state index contributed by atoms with van der Waals surface area (Å²) in [5.74, 6) is -0.492. The quantitative estimate of drug-likeness (QED) is 0.321. The molecule has 0 spiro atoms. The maximum atomic E-state index is 12.6.